The number of halogens is 3. The normalized spacial score (nSPS) is 11.7. The molecular formula is C27H27Cl2FN2O2S. The van der Waals surface area contributed by atoms with Crippen molar-refractivity contribution in [3.05, 3.63) is 105 Å². The van der Waals surface area contributed by atoms with Crippen molar-refractivity contribution < 1.29 is 14.0 Å². The molecule has 8 heteroatoms. The summed E-state index contributed by atoms with van der Waals surface area (Å²) in [5.74, 6) is -0.00911. The third kappa shape index (κ3) is 8.27. The van der Waals surface area contributed by atoms with Gasteiger partial charge < -0.3 is 10.2 Å². The number of nitrogens with zero attached hydrogens (tertiary/aromatic N) is 1. The molecule has 3 aromatic rings. The van der Waals surface area contributed by atoms with E-state index in [2.05, 4.69) is 5.32 Å². The van der Waals surface area contributed by atoms with Gasteiger partial charge in [-0.15, -0.1) is 11.8 Å². The Kier molecular flexibility index (Phi) is 10.5. The third-order valence-electron chi connectivity index (χ3n) is 5.37. The van der Waals surface area contributed by atoms with Gasteiger partial charge in [0, 0.05) is 25.3 Å². The van der Waals surface area contributed by atoms with Crippen LogP contribution in [0.3, 0.4) is 0 Å². The van der Waals surface area contributed by atoms with Crippen molar-refractivity contribution in [1.82, 2.24) is 10.2 Å². The molecule has 0 unspecified atom stereocenters. The second-order valence-electron chi connectivity index (χ2n) is 7.99. The minimum atomic E-state index is -0.708. The largest absolute Gasteiger partial charge is 0.355 e. The molecule has 0 spiro atoms. The van der Waals surface area contributed by atoms with Gasteiger partial charge in [0.15, 0.2) is 0 Å². The summed E-state index contributed by atoms with van der Waals surface area (Å²) in [5.41, 5.74) is 2.65. The Morgan fingerprint density at radius 3 is 2.29 bits per heavy atom. The molecule has 35 heavy (non-hydrogen) atoms. The standard InChI is InChI=1S/C27H27Cl2FN2O2S/c1-2-31-27(34)25(15-19-6-4-3-5-7-19)32(16-20-8-11-22(30)12-9-20)26(33)18-35-17-21-10-13-23(28)24(29)14-21/h3-14,25H,2,15-18H2,1H3,(H,31,34)/t25-/m1/s1. The molecule has 0 aliphatic heterocycles. The zero-order chi connectivity index (χ0) is 25.2. The van der Waals surface area contributed by atoms with Crippen LogP contribution in [0.15, 0.2) is 72.8 Å². The zero-order valence-corrected chi connectivity index (χ0v) is 21.7. The van der Waals surface area contributed by atoms with Gasteiger partial charge in [-0.3, -0.25) is 9.59 Å². The molecule has 3 rings (SSSR count). The van der Waals surface area contributed by atoms with Gasteiger partial charge in [0.25, 0.3) is 0 Å². The highest BCUT2D eigenvalue weighted by molar-refractivity contribution is 7.99. The SMILES string of the molecule is CCNC(=O)[C@@H](Cc1ccccc1)N(Cc1ccc(F)cc1)C(=O)CSCc1ccc(Cl)c(Cl)c1. The van der Waals surface area contributed by atoms with Crippen molar-refractivity contribution in [1.29, 1.82) is 0 Å². The summed E-state index contributed by atoms with van der Waals surface area (Å²) in [5, 5.41) is 3.81. The van der Waals surface area contributed by atoms with Gasteiger partial charge in [-0.1, -0.05) is 71.7 Å². The topological polar surface area (TPSA) is 49.4 Å². The van der Waals surface area contributed by atoms with E-state index in [0.29, 0.717) is 28.8 Å². The lowest BCUT2D eigenvalue weighted by Crippen LogP contribution is -2.51. The molecule has 1 N–H and O–H groups in total. The van der Waals surface area contributed by atoms with Gasteiger partial charge in [-0.05, 0) is 47.9 Å². The Morgan fingerprint density at radius 2 is 1.63 bits per heavy atom. The molecule has 0 aliphatic carbocycles. The van der Waals surface area contributed by atoms with Crippen LogP contribution in [0.1, 0.15) is 23.6 Å². The van der Waals surface area contributed by atoms with E-state index in [1.54, 1.807) is 29.2 Å². The van der Waals surface area contributed by atoms with Crippen LogP contribution in [0.5, 0.6) is 0 Å². The molecule has 0 saturated carbocycles. The number of carbonyl (C=O) groups is 2. The molecule has 0 radical (unpaired) electrons. The van der Waals surface area contributed by atoms with E-state index in [1.807, 2.05) is 43.3 Å². The van der Waals surface area contributed by atoms with Gasteiger partial charge >= 0.3 is 0 Å². The maximum absolute atomic E-state index is 13.5. The van der Waals surface area contributed by atoms with E-state index in [1.165, 1.54) is 23.9 Å². The molecule has 4 nitrogen and oxygen atoms in total. The Bertz CT molecular complexity index is 1130. The first-order valence-electron chi connectivity index (χ1n) is 11.2. The number of amides is 2. The third-order valence-corrected chi connectivity index (χ3v) is 7.09. The van der Waals surface area contributed by atoms with Gasteiger partial charge in [-0.25, -0.2) is 4.39 Å². The lowest BCUT2D eigenvalue weighted by molar-refractivity contribution is -0.139. The van der Waals surface area contributed by atoms with E-state index in [0.717, 1.165) is 16.7 Å². The highest BCUT2D eigenvalue weighted by Crippen LogP contribution is 2.25. The maximum atomic E-state index is 13.5. The summed E-state index contributed by atoms with van der Waals surface area (Å²) < 4.78 is 13.5. The Hall–Kier alpha value is -2.54. The van der Waals surface area contributed by atoms with Crippen molar-refractivity contribution in [2.45, 2.75) is 31.7 Å². The highest BCUT2D eigenvalue weighted by Gasteiger charge is 2.30. The molecular weight excluding hydrogens is 506 g/mol. The number of likely N-dealkylation sites (N-methyl/N-ethyl adjacent to an activating group) is 1. The van der Waals surface area contributed by atoms with Crippen molar-refractivity contribution in [2.24, 2.45) is 0 Å². The average Bonchev–Trinajstić information content (AvgIpc) is 2.85. The molecule has 0 fully saturated rings. The second-order valence-corrected chi connectivity index (χ2v) is 9.79. The lowest BCUT2D eigenvalue weighted by Gasteiger charge is -2.31. The Balaban J connectivity index is 1.81. The van der Waals surface area contributed by atoms with E-state index in [4.69, 9.17) is 23.2 Å². The minimum Gasteiger partial charge on any atom is -0.355 e. The molecule has 0 aliphatic rings. The summed E-state index contributed by atoms with van der Waals surface area (Å²) in [4.78, 5) is 28.2. The van der Waals surface area contributed by atoms with Gasteiger partial charge in [0.05, 0.1) is 15.8 Å². The number of rotatable bonds is 11. The van der Waals surface area contributed by atoms with E-state index in [-0.39, 0.29) is 29.9 Å². The highest BCUT2D eigenvalue weighted by atomic mass is 35.5. The van der Waals surface area contributed by atoms with Crippen molar-refractivity contribution >= 4 is 46.8 Å². The molecule has 184 valence electrons. The van der Waals surface area contributed by atoms with Crippen LogP contribution < -0.4 is 5.32 Å². The quantitative estimate of drug-likeness (QED) is 0.322. The predicted octanol–water partition coefficient (Wildman–Crippen LogP) is 6.14. The molecule has 0 bridgehead atoms. The number of nitrogens with one attached hydrogen (secondary N) is 1. The summed E-state index contributed by atoms with van der Waals surface area (Å²) in [6.45, 7) is 2.49. The van der Waals surface area contributed by atoms with E-state index < -0.39 is 6.04 Å². The van der Waals surface area contributed by atoms with Crippen molar-refractivity contribution in [3.63, 3.8) is 0 Å². The summed E-state index contributed by atoms with van der Waals surface area (Å²) in [6, 6.07) is 20.2. The van der Waals surface area contributed by atoms with Gasteiger partial charge in [0.2, 0.25) is 11.8 Å². The Labute approximate surface area is 219 Å². The summed E-state index contributed by atoms with van der Waals surface area (Å²) in [6.07, 6.45) is 0.372. The van der Waals surface area contributed by atoms with Crippen LogP contribution in [0.2, 0.25) is 10.0 Å². The van der Waals surface area contributed by atoms with Gasteiger partial charge in [-0.2, -0.15) is 0 Å². The first kappa shape index (κ1) is 27.1. The minimum absolute atomic E-state index is 0.173. The van der Waals surface area contributed by atoms with Gasteiger partial charge in [0.1, 0.15) is 11.9 Å². The first-order valence-corrected chi connectivity index (χ1v) is 13.2. The van der Waals surface area contributed by atoms with Crippen molar-refractivity contribution in [2.75, 3.05) is 12.3 Å². The molecule has 3 aromatic carbocycles. The van der Waals surface area contributed by atoms with E-state index in [9.17, 15) is 14.0 Å². The average molecular weight is 533 g/mol. The fraction of sp³-hybridized carbons (Fsp3) is 0.259. The van der Waals surface area contributed by atoms with Crippen LogP contribution in [0.25, 0.3) is 0 Å². The Morgan fingerprint density at radius 1 is 0.943 bits per heavy atom. The van der Waals surface area contributed by atoms with Crippen LogP contribution >= 0.6 is 35.0 Å². The van der Waals surface area contributed by atoms with Crippen LogP contribution in [0, 0.1) is 5.82 Å². The molecule has 0 heterocycles. The number of hydrogen-bond donors (Lipinski definition) is 1. The number of thioether (sulfide) groups is 1. The summed E-state index contributed by atoms with van der Waals surface area (Å²) in [7, 11) is 0. The first-order chi connectivity index (χ1) is 16.9. The monoisotopic (exact) mass is 532 g/mol. The van der Waals surface area contributed by atoms with Crippen molar-refractivity contribution in [3.8, 4) is 0 Å². The van der Waals surface area contributed by atoms with E-state index >= 15 is 0 Å². The molecule has 2 amide bonds. The molecule has 0 saturated heterocycles. The fourth-order valence-electron chi connectivity index (χ4n) is 3.60. The number of hydrogen-bond acceptors (Lipinski definition) is 3. The predicted molar refractivity (Wildman–Crippen MR) is 142 cm³/mol. The smallest absolute Gasteiger partial charge is 0.243 e. The fourth-order valence-corrected chi connectivity index (χ4v) is 4.78. The lowest BCUT2D eigenvalue weighted by atomic mass is 10.0. The molecule has 0 aromatic heterocycles. The second kappa shape index (κ2) is 13.5. The maximum Gasteiger partial charge on any atom is 0.243 e. The van der Waals surface area contributed by atoms with Crippen LogP contribution in [-0.2, 0) is 28.3 Å². The van der Waals surface area contributed by atoms with Crippen LogP contribution in [-0.4, -0.2) is 35.1 Å². The van der Waals surface area contributed by atoms with Crippen LogP contribution in [0.4, 0.5) is 4.39 Å². The number of carbonyl (C=O) groups excluding carboxylic acids is 2. The number of benzene rings is 3. The molecule has 1 atom stereocenters. The summed E-state index contributed by atoms with van der Waals surface area (Å²) >= 11 is 13.5. The zero-order valence-electron chi connectivity index (χ0n) is 19.3.